The number of nitrogens with two attached hydrogens (primary N) is 1. The normalized spacial score (nSPS) is 10.8. The first-order chi connectivity index (χ1) is 10.1. The molecule has 3 aromatic rings. The largest absolute Gasteiger partial charge is 0.367 e. The molecule has 0 fully saturated rings. The Bertz CT molecular complexity index is 817. The van der Waals surface area contributed by atoms with Gasteiger partial charge < -0.3 is 10.3 Å². The third kappa shape index (κ3) is 2.73. The van der Waals surface area contributed by atoms with Gasteiger partial charge in [0.1, 0.15) is 5.69 Å². The molecule has 2 N–H and O–H groups in total. The minimum absolute atomic E-state index is 0.263. The van der Waals surface area contributed by atoms with Gasteiger partial charge >= 0.3 is 0 Å². The number of benzene rings is 2. The van der Waals surface area contributed by atoms with E-state index in [4.69, 9.17) is 21.9 Å². The number of nitrogens with zero attached hydrogens (tertiary/aromatic N) is 1. The van der Waals surface area contributed by atoms with E-state index in [1.807, 2.05) is 42.5 Å². The highest BCUT2D eigenvalue weighted by Crippen LogP contribution is 2.41. The molecule has 0 bridgehead atoms. The second-order valence-electron chi connectivity index (χ2n) is 4.38. The van der Waals surface area contributed by atoms with Crippen LogP contribution in [0.5, 0.6) is 0 Å². The van der Waals surface area contributed by atoms with Gasteiger partial charge in [-0.25, -0.2) is 0 Å². The molecular formula is C15H9Br2ClN2O. The molecule has 0 saturated heterocycles. The second kappa shape index (κ2) is 5.83. The predicted molar refractivity (Wildman–Crippen MR) is 92.2 cm³/mol. The molecule has 0 radical (unpaired) electrons. The first-order valence-corrected chi connectivity index (χ1v) is 8.00. The Hall–Kier alpha value is -1.30. The van der Waals surface area contributed by atoms with Gasteiger partial charge in [-0.2, -0.15) is 0 Å². The maximum Gasteiger partial charge on any atom is 0.230 e. The van der Waals surface area contributed by atoms with Crippen molar-refractivity contribution >= 4 is 49.3 Å². The lowest BCUT2D eigenvalue weighted by Gasteiger charge is -2.06. The summed E-state index contributed by atoms with van der Waals surface area (Å²) >= 11 is 13.2. The average molecular weight is 429 g/mol. The van der Waals surface area contributed by atoms with Crippen molar-refractivity contribution in [1.29, 1.82) is 0 Å². The lowest BCUT2D eigenvalue weighted by molar-refractivity contribution is 0.439. The van der Waals surface area contributed by atoms with Gasteiger partial charge in [-0.1, -0.05) is 57.0 Å². The number of anilines is 1. The summed E-state index contributed by atoms with van der Waals surface area (Å²) < 4.78 is 6.92. The highest BCUT2D eigenvalue weighted by molar-refractivity contribution is 9.10. The molecule has 0 unspecified atom stereocenters. The molecule has 0 atom stereocenters. The number of aromatic nitrogens is 1. The number of nitrogen functional groups attached to an aromatic ring is 1. The standard InChI is InChI=1S/C15H9Br2ClN2O/c16-9-4-1-3-8(7-9)12-14(20-21-15(12)19)10-5-2-6-11(17)13(10)18/h1-7H,19H2. The zero-order valence-electron chi connectivity index (χ0n) is 10.6. The van der Waals surface area contributed by atoms with Crippen molar-refractivity contribution in [1.82, 2.24) is 5.16 Å². The van der Waals surface area contributed by atoms with Gasteiger partial charge in [-0.05, 0) is 39.7 Å². The van der Waals surface area contributed by atoms with Crippen LogP contribution in [0.1, 0.15) is 0 Å². The fourth-order valence-corrected chi connectivity index (χ4v) is 3.08. The molecular weight excluding hydrogens is 419 g/mol. The van der Waals surface area contributed by atoms with Crippen LogP contribution in [0.3, 0.4) is 0 Å². The SMILES string of the molecule is Nc1onc(-c2cccc(Br)c2Cl)c1-c1cccc(Br)c1. The predicted octanol–water partition coefficient (Wildman–Crippen LogP) is 5.77. The van der Waals surface area contributed by atoms with Gasteiger partial charge in [0.2, 0.25) is 5.88 Å². The van der Waals surface area contributed by atoms with Crippen LogP contribution in [-0.4, -0.2) is 5.16 Å². The molecule has 2 aromatic carbocycles. The number of hydrogen-bond acceptors (Lipinski definition) is 3. The molecule has 0 aliphatic rings. The Kier molecular flexibility index (Phi) is 4.06. The van der Waals surface area contributed by atoms with Gasteiger partial charge in [0.05, 0.1) is 10.6 Å². The van der Waals surface area contributed by atoms with Crippen molar-refractivity contribution in [3.63, 3.8) is 0 Å². The Labute approximate surface area is 143 Å². The van der Waals surface area contributed by atoms with E-state index in [1.54, 1.807) is 0 Å². The maximum atomic E-state index is 6.35. The van der Waals surface area contributed by atoms with Crippen LogP contribution < -0.4 is 5.73 Å². The summed E-state index contributed by atoms with van der Waals surface area (Å²) in [6.45, 7) is 0. The van der Waals surface area contributed by atoms with Crippen molar-refractivity contribution < 1.29 is 4.52 Å². The monoisotopic (exact) mass is 426 g/mol. The van der Waals surface area contributed by atoms with Crippen LogP contribution in [0.25, 0.3) is 22.4 Å². The van der Waals surface area contributed by atoms with Crippen molar-refractivity contribution in [2.45, 2.75) is 0 Å². The van der Waals surface area contributed by atoms with E-state index in [9.17, 15) is 0 Å². The zero-order chi connectivity index (χ0) is 15.0. The number of halogens is 3. The highest BCUT2D eigenvalue weighted by Gasteiger charge is 2.20. The van der Waals surface area contributed by atoms with Crippen molar-refractivity contribution in [2.75, 3.05) is 5.73 Å². The van der Waals surface area contributed by atoms with E-state index in [0.717, 1.165) is 25.6 Å². The third-order valence-corrected chi connectivity index (χ3v) is 4.83. The summed E-state index contributed by atoms with van der Waals surface area (Å²) in [6.07, 6.45) is 0. The molecule has 3 rings (SSSR count). The second-order valence-corrected chi connectivity index (χ2v) is 6.53. The summed E-state index contributed by atoms with van der Waals surface area (Å²) in [5.41, 5.74) is 8.98. The van der Waals surface area contributed by atoms with E-state index in [-0.39, 0.29) is 5.88 Å². The third-order valence-electron chi connectivity index (χ3n) is 3.04. The van der Waals surface area contributed by atoms with Crippen LogP contribution in [0.15, 0.2) is 55.9 Å². The van der Waals surface area contributed by atoms with Crippen LogP contribution in [0, 0.1) is 0 Å². The van der Waals surface area contributed by atoms with Crippen LogP contribution in [0.2, 0.25) is 5.02 Å². The minimum Gasteiger partial charge on any atom is -0.367 e. The molecule has 21 heavy (non-hydrogen) atoms. The lowest BCUT2D eigenvalue weighted by Crippen LogP contribution is -1.89. The summed E-state index contributed by atoms with van der Waals surface area (Å²) in [5, 5.41) is 4.64. The summed E-state index contributed by atoms with van der Waals surface area (Å²) in [6, 6.07) is 13.4. The van der Waals surface area contributed by atoms with Crippen LogP contribution in [-0.2, 0) is 0 Å². The van der Waals surface area contributed by atoms with E-state index in [1.165, 1.54) is 0 Å². The van der Waals surface area contributed by atoms with Crippen LogP contribution >= 0.6 is 43.5 Å². The fraction of sp³-hybridized carbons (Fsp3) is 0. The van der Waals surface area contributed by atoms with Crippen molar-refractivity contribution in [2.24, 2.45) is 0 Å². The molecule has 3 nitrogen and oxygen atoms in total. The topological polar surface area (TPSA) is 52.0 Å². The van der Waals surface area contributed by atoms with Gasteiger partial charge in [-0.3, -0.25) is 0 Å². The van der Waals surface area contributed by atoms with E-state index in [0.29, 0.717) is 10.7 Å². The molecule has 0 aliphatic heterocycles. The first kappa shape index (κ1) is 14.6. The highest BCUT2D eigenvalue weighted by atomic mass is 79.9. The molecule has 0 amide bonds. The average Bonchev–Trinajstić information content (AvgIpc) is 2.83. The molecule has 0 aliphatic carbocycles. The maximum absolute atomic E-state index is 6.35. The Balaban J connectivity index is 2.24. The first-order valence-electron chi connectivity index (χ1n) is 6.03. The van der Waals surface area contributed by atoms with Gasteiger partial charge in [-0.15, -0.1) is 0 Å². The summed E-state index contributed by atoms with van der Waals surface area (Å²) in [7, 11) is 0. The van der Waals surface area contributed by atoms with E-state index < -0.39 is 0 Å². The Morgan fingerprint density at radius 2 is 1.86 bits per heavy atom. The van der Waals surface area contributed by atoms with Gasteiger partial charge in [0.15, 0.2) is 0 Å². The minimum atomic E-state index is 0.263. The quantitative estimate of drug-likeness (QED) is 0.564. The molecule has 1 heterocycles. The Morgan fingerprint density at radius 1 is 1.10 bits per heavy atom. The van der Waals surface area contributed by atoms with Gasteiger partial charge in [0, 0.05) is 14.5 Å². The Morgan fingerprint density at radius 3 is 2.62 bits per heavy atom. The fourth-order valence-electron chi connectivity index (χ4n) is 2.10. The summed E-state index contributed by atoms with van der Waals surface area (Å²) in [5.74, 6) is 0.263. The number of rotatable bonds is 2. The molecule has 1 aromatic heterocycles. The van der Waals surface area contributed by atoms with Crippen molar-refractivity contribution in [3.05, 3.63) is 56.4 Å². The molecule has 0 spiro atoms. The van der Waals surface area contributed by atoms with E-state index in [2.05, 4.69) is 37.0 Å². The summed E-state index contributed by atoms with van der Waals surface area (Å²) in [4.78, 5) is 0. The molecule has 6 heteroatoms. The van der Waals surface area contributed by atoms with Crippen LogP contribution in [0.4, 0.5) is 5.88 Å². The molecule has 0 saturated carbocycles. The lowest BCUT2D eigenvalue weighted by atomic mass is 10.0. The van der Waals surface area contributed by atoms with E-state index >= 15 is 0 Å². The smallest absolute Gasteiger partial charge is 0.230 e. The zero-order valence-corrected chi connectivity index (χ0v) is 14.5. The van der Waals surface area contributed by atoms with Gasteiger partial charge in [0.25, 0.3) is 0 Å². The van der Waals surface area contributed by atoms with Crippen molar-refractivity contribution in [3.8, 4) is 22.4 Å². The number of hydrogen-bond donors (Lipinski definition) is 1. The molecule has 106 valence electrons.